The predicted molar refractivity (Wildman–Crippen MR) is 68.8 cm³/mol. The largest absolute Gasteiger partial charge is 0.492 e. The number of ether oxygens (including phenoxy) is 2. The van der Waals surface area contributed by atoms with Crippen molar-refractivity contribution in [3.63, 3.8) is 0 Å². The van der Waals surface area contributed by atoms with Gasteiger partial charge in [-0.05, 0) is 32.6 Å². The number of carbonyl (C=O) groups excluding carboxylic acids is 1. The number of Topliss-reactive ketones (excluding diaryl/α,β-unsaturated/α-hetero) is 1. The van der Waals surface area contributed by atoms with Crippen molar-refractivity contribution in [3.8, 4) is 17.6 Å². The minimum absolute atomic E-state index is 0.00982. The lowest BCUT2D eigenvalue weighted by Crippen LogP contribution is -2.20. The van der Waals surface area contributed by atoms with Crippen LogP contribution in [-0.2, 0) is 12.8 Å². The van der Waals surface area contributed by atoms with Crippen LogP contribution >= 0.6 is 0 Å². The van der Waals surface area contributed by atoms with Crippen molar-refractivity contribution in [1.82, 2.24) is 0 Å². The summed E-state index contributed by atoms with van der Waals surface area (Å²) in [4.78, 5) is 12.0. The number of nitrogens with zero attached hydrogens (tertiary/aromatic N) is 1. The number of hydrogen-bond donors (Lipinski definition) is 0. The Labute approximate surface area is 111 Å². The summed E-state index contributed by atoms with van der Waals surface area (Å²) in [6, 6.07) is 2.23. The lowest BCUT2D eigenvalue weighted by Gasteiger charge is -2.28. The first-order chi connectivity index (χ1) is 9.24. The molecule has 3 rings (SSSR count). The van der Waals surface area contributed by atoms with E-state index in [4.69, 9.17) is 9.47 Å². The van der Waals surface area contributed by atoms with Crippen molar-refractivity contribution >= 4 is 5.78 Å². The molecule has 1 aromatic rings. The second-order valence-electron chi connectivity index (χ2n) is 4.94. The molecule has 4 nitrogen and oxygen atoms in total. The van der Waals surface area contributed by atoms with Gasteiger partial charge in [0.05, 0.1) is 18.8 Å². The lowest BCUT2D eigenvalue weighted by atomic mass is 9.87. The van der Waals surface area contributed by atoms with Crippen LogP contribution in [0.4, 0.5) is 0 Å². The van der Waals surface area contributed by atoms with Gasteiger partial charge in [0, 0.05) is 11.1 Å². The predicted octanol–water partition coefficient (Wildman–Crippen LogP) is 2.41. The van der Waals surface area contributed by atoms with Crippen molar-refractivity contribution in [2.75, 3.05) is 13.2 Å². The zero-order valence-electron chi connectivity index (χ0n) is 10.9. The van der Waals surface area contributed by atoms with Crippen LogP contribution in [0.25, 0.3) is 0 Å². The quantitative estimate of drug-likeness (QED) is 0.725. The van der Waals surface area contributed by atoms with Gasteiger partial charge in [0.15, 0.2) is 5.78 Å². The molecule has 0 aliphatic carbocycles. The molecule has 0 N–H and O–H groups in total. The molecule has 19 heavy (non-hydrogen) atoms. The summed E-state index contributed by atoms with van der Waals surface area (Å²) in [6.45, 7) is 2.77. The van der Waals surface area contributed by atoms with Crippen LogP contribution < -0.4 is 9.47 Å². The Balaban J connectivity index is 2.36. The molecule has 0 amide bonds. The van der Waals surface area contributed by atoms with Crippen LogP contribution in [0.3, 0.4) is 0 Å². The standard InChI is InChI=1S/C15H15NO3/c1-9(17)13-11-5-3-6-18-14(11)12(8-16)10-4-2-7-19-15(10)13/h2-7H2,1H3. The fourth-order valence-electron chi connectivity index (χ4n) is 2.94. The van der Waals surface area contributed by atoms with Crippen molar-refractivity contribution in [2.24, 2.45) is 0 Å². The van der Waals surface area contributed by atoms with E-state index in [1.807, 2.05) is 0 Å². The van der Waals surface area contributed by atoms with Gasteiger partial charge in [0.25, 0.3) is 0 Å². The average Bonchev–Trinajstić information content (AvgIpc) is 2.44. The van der Waals surface area contributed by atoms with E-state index < -0.39 is 0 Å². The first-order valence-corrected chi connectivity index (χ1v) is 6.62. The minimum atomic E-state index is -0.00982. The van der Waals surface area contributed by atoms with Gasteiger partial charge in [-0.1, -0.05) is 0 Å². The van der Waals surface area contributed by atoms with E-state index in [-0.39, 0.29) is 5.78 Å². The molecule has 0 atom stereocenters. The Morgan fingerprint density at radius 3 is 2.37 bits per heavy atom. The third kappa shape index (κ3) is 1.77. The average molecular weight is 257 g/mol. The first-order valence-electron chi connectivity index (χ1n) is 6.62. The summed E-state index contributed by atoms with van der Waals surface area (Å²) in [7, 11) is 0. The molecule has 0 unspecified atom stereocenters. The molecule has 0 radical (unpaired) electrons. The second kappa shape index (κ2) is 4.58. The first kappa shape index (κ1) is 12.0. The Hall–Kier alpha value is -2.02. The number of rotatable bonds is 1. The van der Waals surface area contributed by atoms with Crippen molar-refractivity contribution < 1.29 is 14.3 Å². The molecule has 98 valence electrons. The minimum Gasteiger partial charge on any atom is -0.492 e. The van der Waals surface area contributed by atoms with Crippen LogP contribution in [0.1, 0.15) is 46.8 Å². The molecule has 0 fully saturated rings. The van der Waals surface area contributed by atoms with Crippen molar-refractivity contribution in [1.29, 1.82) is 5.26 Å². The molecule has 0 aromatic heterocycles. The van der Waals surface area contributed by atoms with Gasteiger partial charge in [0.2, 0.25) is 0 Å². The van der Waals surface area contributed by atoms with E-state index in [2.05, 4.69) is 6.07 Å². The molecule has 0 bridgehead atoms. The van der Waals surface area contributed by atoms with Crippen LogP contribution in [-0.4, -0.2) is 19.0 Å². The maximum atomic E-state index is 12.0. The number of hydrogen-bond acceptors (Lipinski definition) is 4. The summed E-state index contributed by atoms with van der Waals surface area (Å²) in [5, 5.41) is 9.41. The van der Waals surface area contributed by atoms with Gasteiger partial charge < -0.3 is 9.47 Å². The number of benzene rings is 1. The molecule has 0 saturated carbocycles. The number of nitriles is 1. The third-order valence-electron chi connectivity index (χ3n) is 3.70. The van der Waals surface area contributed by atoms with Gasteiger partial charge >= 0.3 is 0 Å². The Kier molecular flexibility index (Phi) is 2.90. The maximum absolute atomic E-state index is 12.0. The summed E-state index contributed by atoms with van der Waals surface area (Å²) in [5.74, 6) is 1.23. The van der Waals surface area contributed by atoms with Crippen LogP contribution in [0.15, 0.2) is 0 Å². The highest BCUT2D eigenvalue weighted by molar-refractivity contribution is 6.00. The Morgan fingerprint density at radius 2 is 1.74 bits per heavy atom. The van der Waals surface area contributed by atoms with E-state index in [0.29, 0.717) is 35.8 Å². The van der Waals surface area contributed by atoms with Gasteiger partial charge in [-0.3, -0.25) is 4.79 Å². The molecule has 4 heteroatoms. The highest BCUT2D eigenvalue weighted by Gasteiger charge is 2.30. The molecule has 2 heterocycles. The van der Waals surface area contributed by atoms with E-state index in [1.54, 1.807) is 6.92 Å². The van der Waals surface area contributed by atoms with Gasteiger partial charge in [-0.15, -0.1) is 0 Å². The van der Waals surface area contributed by atoms with Crippen molar-refractivity contribution in [2.45, 2.75) is 32.6 Å². The maximum Gasteiger partial charge on any atom is 0.163 e. The van der Waals surface area contributed by atoms with Crippen LogP contribution in [0, 0.1) is 11.3 Å². The van der Waals surface area contributed by atoms with Crippen LogP contribution in [0.2, 0.25) is 0 Å². The van der Waals surface area contributed by atoms with Gasteiger partial charge in [-0.2, -0.15) is 5.26 Å². The molecule has 1 aromatic carbocycles. The topological polar surface area (TPSA) is 59.3 Å². The monoisotopic (exact) mass is 257 g/mol. The summed E-state index contributed by atoms with van der Waals surface area (Å²) < 4.78 is 11.4. The second-order valence-corrected chi connectivity index (χ2v) is 4.94. The van der Waals surface area contributed by atoms with Gasteiger partial charge in [-0.25, -0.2) is 0 Å². The molecule has 0 saturated heterocycles. The number of fused-ring (bicyclic) bond motifs is 2. The fraction of sp³-hybridized carbons (Fsp3) is 0.467. The number of ketones is 1. The summed E-state index contributed by atoms with van der Waals surface area (Å²) in [5.41, 5.74) is 2.90. The zero-order valence-corrected chi connectivity index (χ0v) is 10.9. The molecular formula is C15H15NO3. The molecule has 2 aliphatic heterocycles. The van der Waals surface area contributed by atoms with Gasteiger partial charge in [0.1, 0.15) is 23.1 Å². The van der Waals surface area contributed by atoms with E-state index in [0.717, 1.165) is 36.8 Å². The lowest BCUT2D eigenvalue weighted by molar-refractivity contribution is 0.101. The zero-order chi connectivity index (χ0) is 13.4. The smallest absolute Gasteiger partial charge is 0.163 e. The summed E-state index contributed by atoms with van der Waals surface area (Å²) >= 11 is 0. The Morgan fingerprint density at radius 1 is 1.11 bits per heavy atom. The molecule has 0 spiro atoms. The van der Waals surface area contributed by atoms with Crippen molar-refractivity contribution in [3.05, 3.63) is 22.3 Å². The number of carbonyl (C=O) groups is 1. The highest BCUT2D eigenvalue weighted by atomic mass is 16.5. The van der Waals surface area contributed by atoms with E-state index in [9.17, 15) is 10.1 Å². The third-order valence-corrected chi connectivity index (χ3v) is 3.70. The Bertz CT molecular complexity index is 561. The van der Waals surface area contributed by atoms with E-state index >= 15 is 0 Å². The SMILES string of the molecule is CC(=O)c1c2c(c(C#N)c3c1OCCC3)OCCC2. The molecule has 2 aliphatic rings. The fourth-order valence-corrected chi connectivity index (χ4v) is 2.94. The highest BCUT2D eigenvalue weighted by Crippen LogP contribution is 2.43. The normalized spacial score (nSPS) is 16.4. The van der Waals surface area contributed by atoms with Crippen LogP contribution in [0.5, 0.6) is 11.5 Å². The summed E-state index contributed by atoms with van der Waals surface area (Å²) in [6.07, 6.45) is 3.29. The molecular weight excluding hydrogens is 242 g/mol. The van der Waals surface area contributed by atoms with E-state index in [1.165, 1.54) is 0 Å².